The van der Waals surface area contributed by atoms with Gasteiger partial charge in [0.05, 0.1) is 11.6 Å². The highest BCUT2D eigenvalue weighted by Crippen LogP contribution is 2.41. The summed E-state index contributed by atoms with van der Waals surface area (Å²) >= 11 is 0. The van der Waals surface area contributed by atoms with Crippen LogP contribution in [0, 0.1) is 12.8 Å². The normalized spacial score (nSPS) is 26.7. The number of ether oxygens (including phenoxy) is 2. The number of pyridine rings is 1. The van der Waals surface area contributed by atoms with Gasteiger partial charge in [0, 0.05) is 32.2 Å². The lowest BCUT2D eigenvalue weighted by Crippen LogP contribution is -2.47. The first-order valence-electron chi connectivity index (χ1n) is 7.82. The fourth-order valence-electron chi connectivity index (χ4n) is 3.72. The maximum absolute atomic E-state index is 6.13. The molecular formula is C16H25N3O2. The summed E-state index contributed by atoms with van der Waals surface area (Å²) in [6, 6.07) is 2.19. The van der Waals surface area contributed by atoms with Gasteiger partial charge < -0.3 is 9.47 Å². The minimum absolute atomic E-state index is 0.00756. The molecule has 0 aromatic carbocycles. The van der Waals surface area contributed by atoms with E-state index in [9.17, 15) is 0 Å². The van der Waals surface area contributed by atoms with Crippen molar-refractivity contribution in [3.8, 4) is 0 Å². The van der Waals surface area contributed by atoms with Crippen molar-refractivity contribution in [2.45, 2.75) is 44.2 Å². The van der Waals surface area contributed by atoms with Crippen LogP contribution in [-0.2, 0) is 9.47 Å². The van der Waals surface area contributed by atoms with E-state index < -0.39 is 0 Å². The van der Waals surface area contributed by atoms with E-state index in [0.29, 0.717) is 5.92 Å². The molecule has 0 radical (unpaired) electrons. The van der Waals surface area contributed by atoms with Crippen LogP contribution in [0.4, 0.5) is 0 Å². The van der Waals surface area contributed by atoms with Crippen molar-refractivity contribution in [1.82, 2.24) is 10.4 Å². The van der Waals surface area contributed by atoms with Crippen molar-refractivity contribution in [1.29, 1.82) is 0 Å². The first-order chi connectivity index (χ1) is 10.2. The van der Waals surface area contributed by atoms with E-state index in [0.717, 1.165) is 45.5 Å². The van der Waals surface area contributed by atoms with E-state index in [1.165, 1.54) is 11.1 Å². The maximum Gasteiger partial charge on any atom is 0.0729 e. The first-order valence-corrected chi connectivity index (χ1v) is 7.82. The molecule has 2 saturated heterocycles. The predicted molar refractivity (Wildman–Crippen MR) is 80.5 cm³/mol. The van der Waals surface area contributed by atoms with E-state index >= 15 is 0 Å². The Labute approximate surface area is 126 Å². The van der Waals surface area contributed by atoms with Crippen LogP contribution in [0.5, 0.6) is 0 Å². The van der Waals surface area contributed by atoms with Gasteiger partial charge in [-0.2, -0.15) is 0 Å². The molecule has 2 aliphatic rings. The van der Waals surface area contributed by atoms with Crippen molar-refractivity contribution in [2.75, 3.05) is 19.8 Å². The molecule has 21 heavy (non-hydrogen) atoms. The average molecular weight is 291 g/mol. The Hall–Kier alpha value is -1.01. The van der Waals surface area contributed by atoms with Crippen LogP contribution in [0.15, 0.2) is 18.5 Å². The van der Waals surface area contributed by atoms with Crippen molar-refractivity contribution >= 4 is 0 Å². The number of nitrogens with zero attached hydrogens (tertiary/aromatic N) is 1. The van der Waals surface area contributed by atoms with Gasteiger partial charge in [-0.15, -0.1) is 0 Å². The minimum Gasteiger partial charge on any atom is -0.381 e. The van der Waals surface area contributed by atoms with Crippen molar-refractivity contribution in [3.63, 3.8) is 0 Å². The molecule has 0 amide bonds. The van der Waals surface area contributed by atoms with E-state index in [4.69, 9.17) is 15.3 Å². The molecule has 0 bridgehead atoms. The molecule has 3 heterocycles. The standard InChI is InChI=1S/C16H25N3O2/c1-12-2-6-18-11-14(12)15(19-17)13-3-7-21-16(10-13)4-8-20-9-5-16/h2,6,11,13,15,19H,3-5,7-10,17H2,1H3. The summed E-state index contributed by atoms with van der Waals surface area (Å²) in [6.07, 6.45) is 7.83. The van der Waals surface area contributed by atoms with Gasteiger partial charge >= 0.3 is 0 Å². The molecule has 2 fully saturated rings. The molecular weight excluding hydrogens is 266 g/mol. The fraction of sp³-hybridized carbons (Fsp3) is 0.688. The van der Waals surface area contributed by atoms with E-state index in [-0.39, 0.29) is 11.6 Å². The number of aryl methyl sites for hydroxylation is 1. The van der Waals surface area contributed by atoms with Crippen LogP contribution < -0.4 is 11.3 Å². The third-order valence-electron chi connectivity index (χ3n) is 5.00. The Bertz CT molecular complexity index is 469. The first kappa shape index (κ1) is 14.9. The van der Waals surface area contributed by atoms with Gasteiger partial charge in [0.2, 0.25) is 0 Å². The lowest BCUT2D eigenvalue weighted by molar-refractivity contribution is -0.150. The summed E-state index contributed by atoms with van der Waals surface area (Å²) in [4.78, 5) is 4.27. The molecule has 3 rings (SSSR count). The van der Waals surface area contributed by atoms with Gasteiger partial charge in [-0.25, -0.2) is 0 Å². The van der Waals surface area contributed by atoms with Crippen molar-refractivity contribution < 1.29 is 9.47 Å². The Balaban J connectivity index is 1.79. The van der Waals surface area contributed by atoms with Gasteiger partial charge in [-0.3, -0.25) is 16.3 Å². The van der Waals surface area contributed by atoms with Gasteiger partial charge in [0.1, 0.15) is 0 Å². The summed E-state index contributed by atoms with van der Waals surface area (Å²) in [5, 5.41) is 0. The lowest BCUT2D eigenvalue weighted by Gasteiger charge is -2.45. The number of nitrogens with two attached hydrogens (primary N) is 1. The molecule has 116 valence electrons. The Morgan fingerprint density at radius 3 is 2.90 bits per heavy atom. The Kier molecular flexibility index (Phi) is 4.54. The number of rotatable bonds is 3. The molecule has 1 aromatic heterocycles. The van der Waals surface area contributed by atoms with Crippen molar-refractivity contribution in [2.24, 2.45) is 11.8 Å². The average Bonchev–Trinajstić information content (AvgIpc) is 2.51. The highest BCUT2D eigenvalue weighted by molar-refractivity contribution is 5.26. The largest absolute Gasteiger partial charge is 0.381 e. The van der Waals surface area contributed by atoms with E-state index in [2.05, 4.69) is 17.3 Å². The number of hydrazine groups is 1. The Morgan fingerprint density at radius 1 is 1.38 bits per heavy atom. The predicted octanol–water partition coefficient (Wildman–Crippen LogP) is 1.87. The highest BCUT2D eigenvalue weighted by Gasteiger charge is 2.41. The van der Waals surface area contributed by atoms with Crippen LogP contribution >= 0.6 is 0 Å². The zero-order chi connectivity index (χ0) is 14.7. The van der Waals surface area contributed by atoms with Gasteiger partial charge in [0.25, 0.3) is 0 Å². The second-order valence-electron chi connectivity index (χ2n) is 6.27. The molecule has 2 atom stereocenters. The summed E-state index contributed by atoms with van der Waals surface area (Å²) in [6.45, 7) is 4.53. The number of aromatic nitrogens is 1. The third-order valence-corrected chi connectivity index (χ3v) is 5.00. The van der Waals surface area contributed by atoms with Crippen molar-refractivity contribution in [3.05, 3.63) is 29.6 Å². The van der Waals surface area contributed by atoms with E-state index in [1.807, 2.05) is 18.5 Å². The molecule has 1 aromatic rings. The summed E-state index contributed by atoms with van der Waals surface area (Å²) in [5.74, 6) is 6.36. The van der Waals surface area contributed by atoms with Crippen LogP contribution in [0.25, 0.3) is 0 Å². The summed E-state index contributed by atoms with van der Waals surface area (Å²) in [5.41, 5.74) is 5.46. The highest BCUT2D eigenvalue weighted by atomic mass is 16.5. The number of hydrogen-bond donors (Lipinski definition) is 2. The quantitative estimate of drug-likeness (QED) is 0.657. The van der Waals surface area contributed by atoms with E-state index in [1.54, 1.807) is 0 Å². The van der Waals surface area contributed by atoms with Gasteiger partial charge in [0.15, 0.2) is 0 Å². The molecule has 3 N–H and O–H groups in total. The second kappa shape index (κ2) is 6.40. The molecule has 5 heteroatoms. The maximum atomic E-state index is 6.13. The zero-order valence-corrected chi connectivity index (χ0v) is 12.7. The molecule has 2 aliphatic heterocycles. The number of hydrogen-bond acceptors (Lipinski definition) is 5. The molecule has 0 saturated carbocycles. The third kappa shape index (κ3) is 3.11. The molecule has 0 aliphatic carbocycles. The van der Waals surface area contributed by atoms with Crippen LogP contribution in [0.1, 0.15) is 42.9 Å². The number of nitrogens with one attached hydrogen (secondary N) is 1. The van der Waals surface area contributed by atoms with Gasteiger partial charge in [-0.05, 0) is 55.7 Å². The topological polar surface area (TPSA) is 69.4 Å². The summed E-state index contributed by atoms with van der Waals surface area (Å²) in [7, 11) is 0. The zero-order valence-electron chi connectivity index (χ0n) is 12.7. The molecule has 2 unspecified atom stereocenters. The lowest BCUT2D eigenvalue weighted by atomic mass is 9.76. The van der Waals surface area contributed by atoms with Crippen LogP contribution in [-0.4, -0.2) is 30.4 Å². The summed E-state index contributed by atoms with van der Waals surface area (Å²) < 4.78 is 11.6. The van der Waals surface area contributed by atoms with Crippen LogP contribution in [0.2, 0.25) is 0 Å². The minimum atomic E-state index is -0.00756. The van der Waals surface area contributed by atoms with Gasteiger partial charge in [-0.1, -0.05) is 0 Å². The second-order valence-corrected chi connectivity index (χ2v) is 6.27. The van der Waals surface area contributed by atoms with Crippen LogP contribution in [0.3, 0.4) is 0 Å². The fourth-order valence-corrected chi connectivity index (χ4v) is 3.72. The molecule has 1 spiro atoms. The SMILES string of the molecule is Cc1ccncc1C(NN)C1CCOC2(CCOCC2)C1. The monoisotopic (exact) mass is 291 g/mol. The molecule has 5 nitrogen and oxygen atoms in total. The smallest absolute Gasteiger partial charge is 0.0729 e. The Morgan fingerprint density at radius 2 is 2.19 bits per heavy atom.